The van der Waals surface area contributed by atoms with E-state index in [4.69, 9.17) is 0 Å². The first-order valence-electron chi connectivity index (χ1n) is 6.56. The molecular formula is C15H21NO2S. The molecule has 1 aliphatic rings. The van der Waals surface area contributed by atoms with Crippen molar-refractivity contribution in [3.8, 4) is 0 Å². The average Bonchev–Trinajstić information content (AvgIpc) is 2.53. The highest BCUT2D eigenvalue weighted by Crippen LogP contribution is 2.32. The van der Waals surface area contributed by atoms with E-state index in [9.17, 15) is 8.42 Å². The Labute approximate surface area is 115 Å². The highest BCUT2D eigenvalue weighted by molar-refractivity contribution is 7.89. The first kappa shape index (κ1) is 14.1. The van der Waals surface area contributed by atoms with Gasteiger partial charge in [0.2, 0.25) is 10.0 Å². The molecule has 0 atom stereocenters. The van der Waals surface area contributed by atoms with E-state index in [2.05, 4.69) is 36.8 Å². The van der Waals surface area contributed by atoms with Gasteiger partial charge in [-0.15, -0.1) is 0 Å². The van der Waals surface area contributed by atoms with Crippen LogP contribution in [0.4, 0.5) is 0 Å². The fourth-order valence-electron chi connectivity index (χ4n) is 2.54. The largest absolute Gasteiger partial charge is 0.283 e. The van der Waals surface area contributed by atoms with Gasteiger partial charge in [0.1, 0.15) is 0 Å². The molecule has 0 bridgehead atoms. The molecule has 0 saturated carbocycles. The number of hydrogen-bond acceptors (Lipinski definition) is 2. The Hall–Kier alpha value is -1.29. The molecule has 2 rings (SSSR count). The second-order valence-electron chi connectivity index (χ2n) is 5.80. The Morgan fingerprint density at radius 1 is 1.32 bits per heavy atom. The molecule has 1 N–H and O–H groups in total. The van der Waals surface area contributed by atoms with Gasteiger partial charge in [-0.25, -0.2) is 8.42 Å². The molecule has 104 valence electrons. The molecule has 1 aromatic carbocycles. The summed E-state index contributed by atoms with van der Waals surface area (Å²) in [5, 5.41) is 0. The summed E-state index contributed by atoms with van der Waals surface area (Å²) in [5.74, 6) is 0.593. The van der Waals surface area contributed by atoms with Crippen molar-refractivity contribution >= 4 is 15.7 Å². The molecule has 0 amide bonds. The molecule has 0 aliphatic heterocycles. The minimum atomic E-state index is -3.23. The topological polar surface area (TPSA) is 46.2 Å². The quantitative estimate of drug-likeness (QED) is 0.921. The lowest BCUT2D eigenvalue weighted by atomic mass is 9.98. The van der Waals surface area contributed by atoms with E-state index in [0.29, 0.717) is 5.92 Å². The van der Waals surface area contributed by atoms with Gasteiger partial charge in [0.05, 0.1) is 12.0 Å². The van der Waals surface area contributed by atoms with E-state index < -0.39 is 10.0 Å². The molecule has 1 aliphatic carbocycles. The van der Waals surface area contributed by atoms with E-state index in [1.54, 1.807) is 0 Å². The fourth-order valence-corrected chi connectivity index (χ4v) is 3.20. The number of rotatable bonds is 4. The highest BCUT2D eigenvalue weighted by atomic mass is 32.2. The molecule has 0 saturated heterocycles. The minimum Gasteiger partial charge on any atom is -0.283 e. The average molecular weight is 279 g/mol. The molecule has 19 heavy (non-hydrogen) atoms. The second kappa shape index (κ2) is 5.00. The van der Waals surface area contributed by atoms with Crippen LogP contribution in [0.3, 0.4) is 0 Å². The lowest BCUT2D eigenvalue weighted by molar-refractivity contribution is 0.597. The Morgan fingerprint density at radius 2 is 2.00 bits per heavy atom. The summed E-state index contributed by atoms with van der Waals surface area (Å²) in [6.45, 7) is 6.35. The normalized spacial score (nSPS) is 15.0. The van der Waals surface area contributed by atoms with Crippen LogP contribution in [0.5, 0.6) is 0 Å². The standard InChI is InChI=1S/C15H21NO2S/c1-10(2)7-12-5-6-13-8-11(3)15(14(13)9-12)16-19(4,17)18/h5-6,9-10,16H,7-8H2,1-4H3. The van der Waals surface area contributed by atoms with E-state index in [-0.39, 0.29) is 0 Å². The van der Waals surface area contributed by atoms with Crippen molar-refractivity contribution < 1.29 is 8.42 Å². The van der Waals surface area contributed by atoms with Gasteiger partial charge >= 0.3 is 0 Å². The molecule has 1 aromatic rings. The Bertz CT molecular complexity index is 628. The number of sulfonamides is 1. The van der Waals surface area contributed by atoms with Crippen LogP contribution in [0.1, 0.15) is 37.5 Å². The van der Waals surface area contributed by atoms with Crippen molar-refractivity contribution in [1.29, 1.82) is 0 Å². The summed E-state index contributed by atoms with van der Waals surface area (Å²) in [5.41, 5.74) is 5.36. The molecule has 0 heterocycles. The maximum Gasteiger partial charge on any atom is 0.229 e. The minimum absolute atomic E-state index is 0.593. The van der Waals surface area contributed by atoms with Crippen molar-refractivity contribution in [2.45, 2.75) is 33.6 Å². The van der Waals surface area contributed by atoms with Crippen LogP contribution in [-0.2, 0) is 22.9 Å². The van der Waals surface area contributed by atoms with Crippen LogP contribution in [-0.4, -0.2) is 14.7 Å². The molecule has 0 aromatic heterocycles. The van der Waals surface area contributed by atoms with Gasteiger partial charge < -0.3 is 0 Å². The van der Waals surface area contributed by atoms with Crippen LogP contribution >= 0.6 is 0 Å². The predicted molar refractivity (Wildman–Crippen MR) is 79.3 cm³/mol. The summed E-state index contributed by atoms with van der Waals surface area (Å²) >= 11 is 0. The number of benzene rings is 1. The SMILES string of the molecule is CC1=C(NS(C)(=O)=O)c2cc(CC(C)C)ccc2C1. The maximum absolute atomic E-state index is 11.5. The van der Waals surface area contributed by atoms with Crippen molar-refractivity contribution in [2.75, 3.05) is 6.26 Å². The van der Waals surface area contributed by atoms with Gasteiger partial charge in [-0.3, -0.25) is 4.72 Å². The Balaban J connectivity index is 2.38. The zero-order valence-electron chi connectivity index (χ0n) is 11.9. The van der Waals surface area contributed by atoms with Crippen LogP contribution in [0.25, 0.3) is 5.70 Å². The molecule has 3 nitrogen and oxygen atoms in total. The number of hydrogen-bond donors (Lipinski definition) is 1. The molecule has 0 radical (unpaired) electrons. The first-order valence-corrected chi connectivity index (χ1v) is 8.45. The van der Waals surface area contributed by atoms with E-state index in [1.807, 2.05) is 6.92 Å². The fraction of sp³-hybridized carbons (Fsp3) is 0.467. The smallest absolute Gasteiger partial charge is 0.229 e. The summed E-state index contributed by atoms with van der Waals surface area (Å²) in [6.07, 6.45) is 3.04. The van der Waals surface area contributed by atoms with Gasteiger partial charge in [-0.1, -0.05) is 26.0 Å². The van der Waals surface area contributed by atoms with E-state index >= 15 is 0 Å². The third-order valence-electron chi connectivity index (χ3n) is 3.26. The van der Waals surface area contributed by atoms with Gasteiger partial charge in [-0.05, 0) is 48.4 Å². The molecule has 0 spiro atoms. The number of fused-ring (bicyclic) bond motifs is 1. The zero-order valence-corrected chi connectivity index (χ0v) is 12.8. The van der Waals surface area contributed by atoms with Crippen LogP contribution in [0, 0.1) is 5.92 Å². The van der Waals surface area contributed by atoms with Crippen molar-refractivity contribution in [3.63, 3.8) is 0 Å². The van der Waals surface area contributed by atoms with E-state index in [0.717, 1.165) is 29.7 Å². The lowest BCUT2D eigenvalue weighted by Crippen LogP contribution is -2.20. The summed E-state index contributed by atoms with van der Waals surface area (Å²) in [6, 6.07) is 6.39. The molecular weight excluding hydrogens is 258 g/mol. The van der Waals surface area contributed by atoms with Gasteiger partial charge in [0.15, 0.2) is 0 Å². The summed E-state index contributed by atoms with van der Waals surface area (Å²) in [7, 11) is -3.23. The lowest BCUT2D eigenvalue weighted by Gasteiger charge is -2.11. The van der Waals surface area contributed by atoms with Crippen molar-refractivity contribution in [3.05, 3.63) is 40.5 Å². The van der Waals surface area contributed by atoms with Crippen LogP contribution < -0.4 is 4.72 Å². The number of allylic oxidation sites excluding steroid dienone is 1. The number of nitrogens with one attached hydrogen (secondary N) is 1. The third-order valence-corrected chi connectivity index (χ3v) is 3.83. The predicted octanol–water partition coefficient (Wildman–Crippen LogP) is 2.72. The summed E-state index contributed by atoms with van der Waals surface area (Å²) < 4.78 is 25.6. The third kappa shape index (κ3) is 3.38. The Kier molecular flexibility index (Phi) is 3.72. The van der Waals surface area contributed by atoms with Crippen molar-refractivity contribution in [1.82, 2.24) is 4.72 Å². The molecule has 0 fully saturated rings. The Morgan fingerprint density at radius 3 is 2.58 bits per heavy atom. The van der Waals surface area contributed by atoms with Gasteiger partial charge in [-0.2, -0.15) is 0 Å². The zero-order chi connectivity index (χ0) is 14.2. The monoisotopic (exact) mass is 279 g/mol. The first-order chi connectivity index (χ1) is 8.76. The summed E-state index contributed by atoms with van der Waals surface area (Å²) in [4.78, 5) is 0. The maximum atomic E-state index is 11.5. The van der Waals surface area contributed by atoms with Crippen LogP contribution in [0.15, 0.2) is 23.8 Å². The van der Waals surface area contributed by atoms with Gasteiger partial charge in [0.25, 0.3) is 0 Å². The van der Waals surface area contributed by atoms with Gasteiger partial charge in [0, 0.05) is 5.56 Å². The second-order valence-corrected chi connectivity index (χ2v) is 7.54. The van der Waals surface area contributed by atoms with Crippen LogP contribution in [0.2, 0.25) is 0 Å². The molecule has 0 unspecified atom stereocenters. The van der Waals surface area contributed by atoms with E-state index in [1.165, 1.54) is 17.4 Å². The van der Waals surface area contributed by atoms with Crippen molar-refractivity contribution in [2.24, 2.45) is 5.92 Å². The molecule has 4 heteroatoms. The highest BCUT2D eigenvalue weighted by Gasteiger charge is 2.21.